The predicted octanol–water partition coefficient (Wildman–Crippen LogP) is 5.85. The van der Waals surface area contributed by atoms with Crippen LogP contribution in [-0.2, 0) is 6.54 Å². The first-order chi connectivity index (χ1) is 15.6. The van der Waals surface area contributed by atoms with E-state index < -0.39 is 0 Å². The summed E-state index contributed by atoms with van der Waals surface area (Å²) in [4.78, 5) is 6.68. The molecular weight excluding hydrogens is 444 g/mol. The molecule has 6 nitrogen and oxygen atoms in total. The van der Waals surface area contributed by atoms with Gasteiger partial charge in [0.15, 0.2) is 5.11 Å². The Labute approximate surface area is 195 Å². The van der Waals surface area contributed by atoms with Gasteiger partial charge >= 0.3 is 0 Å². The summed E-state index contributed by atoms with van der Waals surface area (Å²) >= 11 is 12.0. The second-order valence-electron chi connectivity index (χ2n) is 7.39. The monoisotopic (exact) mass is 462 g/mol. The van der Waals surface area contributed by atoms with E-state index in [1.807, 2.05) is 78.6 Å². The van der Waals surface area contributed by atoms with Gasteiger partial charge in [0.1, 0.15) is 5.76 Å². The summed E-state index contributed by atoms with van der Waals surface area (Å²) in [7, 11) is 0. The number of halogens is 1. The molecule has 2 aromatic heterocycles. The molecule has 1 aliphatic rings. The molecule has 1 atom stereocenters. The van der Waals surface area contributed by atoms with Crippen LogP contribution < -0.4 is 5.32 Å². The van der Waals surface area contributed by atoms with Crippen LogP contribution in [0.3, 0.4) is 0 Å². The van der Waals surface area contributed by atoms with E-state index in [9.17, 15) is 0 Å². The molecule has 160 valence electrons. The standard InChI is InChI=1S/C24H19ClN4O2S/c1-15-20(23-27-22(28-31-23)16-7-3-2-4-8-16)21(17-9-5-10-18(25)13-17)26-24(32)29(15)14-19-11-6-12-30-19/h2-13,21H,14H2,1H3,(H,26,32). The second-order valence-corrected chi connectivity index (χ2v) is 8.21. The molecule has 0 radical (unpaired) electrons. The van der Waals surface area contributed by atoms with E-state index >= 15 is 0 Å². The van der Waals surface area contributed by atoms with Crippen molar-refractivity contribution in [1.29, 1.82) is 0 Å². The van der Waals surface area contributed by atoms with E-state index in [0.717, 1.165) is 28.2 Å². The third-order valence-corrected chi connectivity index (χ3v) is 5.93. The highest BCUT2D eigenvalue weighted by atomic mass is 35.5. The van der Waals surface area contributed by atoms with Crippen LogP contribution in [0.1, 0.15) is 30.2 Å². The molecule has 0 aliphatic carbocycles. The fourth-order valence-electron chi connectivity index (χ4n) is 3.78. The molecule has 0 amide bonds. The van der Waals surface area contributed by atoms with E-state index in [0.29, 0.717) is 28.4 Å². The average molecular weight is 463 g/mol. The molecule has 1 unspecified atom stereocenters. The normalized spacial score (nSPS) is 16.4. The zero-order valence-electron chi connectivity index (χ0n) is 17.2. The van der Waals surface area contributed by atoms with Crippen molar-refractivity contribution in [3.05, 3.63) is 101 Å². The highest BCUT2D eigenvalue weighted by Gasteiger charge is 2.34. The average Bonchev–Trinajstić information content (AvgIpc) is 3.49. The topological polar surface area (TPSA) is 67.3 Å². The van der Waals surface area contributed by atoms with Gasteiger partial charge < -0.3 is 19.2 Å². The number of nitrogens with zero attached hydrogens (tertiary/aromatic N) is 3. The Morgan fingerprint density at radius 1 is 1.09 bits per heavy atom. The fourth-order valence-corrected chi connectivity index (χ4v) is 4.30. The maximum Gasteiger partial charge on any atom is 0.258 e. The van der Waals surface area contributed by atoms with Crippen LogP contribution in [0.15, 0.2) is 87.6 Å². The van der Waals surface area contributed by atoms with Crippen molar-refractivity contribution in [2.75, 3.05) is 0 Å². The molecule has 2 aromatic carbocycles. The first kappa shape index (κ1) is 20.5. The quantitative estimate of drug-likeness (QED) is 0.373. The molecule has 0 fully saturated rings. The van der Waals surface area contributed by atoms with Crippen LogP contribution in [-0.4, -0.2) is 20.2 Å². The highest BCUT2D eigenvalue weighted by molar-refractivity contribution is 7.80. The lowest BCUT2D eigenvalue weighted by atomic mass is 9.95. The summed E-state index contributed by atoms with van der Waals surface area (Å²) in [6.45, 7) is 2.48. The number of rotatable bonds is 5. The van der Waals surface area contributed by atoms with Crippen LogP contribution in [0.25, 0.3) is 17.0 Å². The van der Waals surface area contributed by atoms with Crippen LogP contribution in [0.4, 0.5) is 0 Å². The van der Waals surface area contributed by atoms with E-state index in [-0.39, 0.29) is 6.04 Å². The minimum Gasteiger partial charge on any atom is -0.467 e. The lowest BCUT2D eigenvalue weighted by Crippen LogP contribution is -2.45. The van der Waals surface area contributed by atoms with Crippen molar-refractivity contribution in [1.82, 2.24) is 20.4 Å². The van der Waals surface area contributed by atoms with Gasteiger partial charge in [-0.3, -0.25) is 0 Å². The summed E-state index contributed by atoms with van der Waals surface area (Å²) in [5, 5.41) is 8.86. The maximum absolute atomic E-state index is 6.29. The van der Waals surface area contributed by atoms with Crippen molar-refractivity contribution in [2.45, 2.75) is 19.5 Å². The summed E-state index contributed by atoms with van der Waals surface area (Å²) in [6.07, 6.45) is 1.65. The number of nitrogens with one attached hydrogen (secondary N) is 1. The van der Waals surface area contributed by atoms with Crippen molar-refractivity contribution in [3.63, 3.8) is 0 Å². The highest BCUT2D eigenvalue weighted by Crippen LogP contribution is 2.38. The lowest BCUT2D eigenvalue weighted by Gasteiger charge is -2.37. The summed E-state index contributed by atoms with van der Waals surface area (Å²) in [5.74, 6) is 1.74. The number of hydrogen-bond acceptors (Lipinski definition) is 5. The van der Waals surface area contributed by atoms with Gasteiger partial charge in [-0.15, -0.1) is 0 Å². The van der Waals surface area contributed by atoms with E-state index in [2.05, 4.69) is 10.5 Å². The molecule has 1 N–H and O–H groups in total. The summed E-state index contributed by atoms with van der Waals surface area (Å²) < 4.78 is 11.3. The van der Waals surface area contributed by atoms with Crippen molar-refractivity contribution in [3.8, 4) is 11.4 Å². The molecule has 4 aromatic rings. The van der Waals surface area contributed by atoms with Crippen LogP contribution in [0, 0.1) is 0 Å². The Kier molecular flexibility index (Phi) is 5.51. The second kappa shape index (κ2) is 8.61. The van der Waals surface area contributed by atoms with Crippen molar-refractivity contribution in [2.24, 2.45) is 0 Å². The van der Waals surface area contributed by atoms with Crippen LogP contribution >= 0.6 is 23.8 Å². The molecule has 0 saturated carbocycles. The molecule has 5 rings (SSSR count). The van der Waals surface area contributed by atoms with E-state index in [1.165, 1.54) is 0 Å². The summed E-state index contributed by atoms with van der Waals surface area (Å²) in [6, 6.07) is 20.9. The fraction of sp³-hybridized carbons (Fsp3) is 0.125. The zero-order chi connectivity index (χ0) is 22.1. The molecule has 0 saturated heterocycles. The molecule has 0 bridgehead atoms. The third-order valence-electron chi connectivity index (χ3n) is 5.36. The Morgan fingerprint density at radius 3 is 2.69 bits per heavy atom. The van der Waals surface area contributed by atoms with E-state index in [4.69, 9.17) is 37.7 Å². The van der Waals surface area contributed by atoms with Crippen LogP contribution in [0.2, 0.25) is 5.02 Å². The number of allylic oxidation sites excluding steroid dienone is 1. The van der Waals surface area contributed by atoms with Crippen molar-refractivity contribution >= 4 is 34.5 Å². The minimum absolute atomic E-state index is 0.293. The lowest BCUT2D eigenvalue weighted by molar-refractivity contribution is 0.382. The summed E-state index contributed by atoms with van der Waals surface area (Å²) in [5.41, 5.74) is 3.57. The molecule has 0 spiro atoms. The SMILES string of the molecule is CC1=C(c2nc(-c3ccccc3)no2)C(c2cccc(Cl)c2)NC(=S)N1Cc1ccco1. The number of benzene rings is 2. The predicted molar refractivity (Wildman–Crippen MR) is 127 cm³/mol. The van der Waals surface area contributed by atoms with Gasteiger partial charge in [-0.25, -0.2) is 0 Å². The van der Waals surface area contributed by atoms with Gasteiger partial charge in [-0.2, -0.15) is 4.98 Å². The molecular formula is C24H19ClN4O2S. The number of furan rings is 1. The Balaban J connectivity index is 1.61. The zero-order valence-corrected chi connectivity index (χ0v) is 18.7. The number of thiocarbonyl (C=S) groups is 1. The molecule has 8 heteroatoms. The Hall–Kier alpha value is -3.42. The Bertz CT molecular complexity index is 1280. The van der Waals surface area contributed by atoms with Gasteiger partial charge in [0.25, 0.3) is 5.89 Å². The minimum atomic E-state index is -0.293. The van der Waals surface area contributed by atoms with Crippen molar-refractivity contribution < 1.29 is 8.94 Å². The smallest absolute Gasteiger partial charge is 0.258 e. The van der Waals surface area contributed by atoms with Crippen LogP contribution in [0.5, 0.6) is 0 Å². The van der Waals surface area contributed by atoms with Gasteiger partial charge in [-0.05, 0) is 49.0 Å². The molecule has 3 heterocycles. The molecule has 1 aliphatic heterocycles. The first-order valence-electron chi connectivity index (χ1n) is 10.1. The maximum atomic E-state index is 6.29. The Morgan fingerprint density at radius 2 is 1.94 bits per heavy atom. The third kappa shape index (κ3) is 3.92. The first-order valence-corrected chi connectivity index (χ1v) is 10.8. The van der Waals surface area contributed by atoms with Gasteiger partial charge in [0, 0.05) is 16.3 Å². The number of aromatic nitrogens is 2. The largest absolute Gasteiger partial charge is 0.467 e. The number of hydrogen-bond donors (Lipinski definition) is 1. The van der Waals surface area contributed by atoms with Gasteiger partial charge in [0.2, 0.25) is 5.82 Å². The van der Waals surface area contributed by atoms with Gasteiger partial charge in [0.05, 0.1) is 24.4 Å². The van der Waals surface area contributed by atoms with Gasteiger partial charge in [-0.1, -0.05) is 59.2 Å². The van der Waals surface area contributed by atoms with E-state index in [1.54, 1.807) is 6.26 Å². The molecule has 32 heavy (non-hydrogen) atoms.